The predicted octanol–water partition coefficient (Wildman–Crippen LogP) is 9.02. The molecule has 0 saturated carbocycles. The van der Waals surface area contributed by atoms with Crippen LogP contribution >= 0.6 is 34.0 Å². The molecule has 0 bridgehead atoms. The Balaban J connectivity index is 1.35. The lowest BCUT2D eigenvalue weighted by atomic mass is 9.96. The number of carbonyl (C=O) groups is 3. The molecule has 0 fully saturated rings. The quantitative estimate of drug-likeness (QED) is 0.191. The van der Waals surface area contributed by atoms with Crippen molar-refractivity contribution >= 4 is 81.6 Å². The molecule has 0 aliphatic rings. The average molecular weight is 559 g/mol. The molecule has 0 saturated heterocycles. The number of ketones is 3. The van der Waals surface area contributed by atoms with Gasteiger partial charge in [-0.1, -0.05) is 54.6 Å². The first kappa shape index (κ1) is 23.9. The lowest BCUT2D eigenvalue weighted by Crippen LogP contribution is -2.09. The summed E-state index contributed by atoms with van der Waals surface area (Å²) in [6.07, 6.45) is 0. The highest BCUT2D eigenvalue weighted by Crippen LogP contribution is 2.32. The maximum absolute atomic E-state index is 13.7. The van der Waals surface area contributed by atoms with Gasteiger partial charge in [-0.2, -0.15) is 0 Å². The summed E-state index contributed by atoms with van der Waals surface area (Å²) in [5, 5.41) is 2.97. The Morgan fingerprint density at radius 3 is 0.949 bits per heavy atom. The fourth-order valence-electron chi connectivity index (χ4n) is 4.73. The van der Waals surface area contributed by atoms with E-state index in [9.17, 15) is 14.4 Å². The minimum Gasteiger partial charge on any atom is -0.288 e. The molecule has 39 heavy (non-hydrogen) atoms. The van der Waals surface area contributed by atoms with Crippen molar-refractivity contribution in [3.05, 3.63) is 141 Å². The van der Waals surface area contributed by atoms with Gasteiger partial charge in [-0.15, -0.1) is 34.0 Å². The third-order valence-corrected chi connectivity index (χ3v) is 10.0. The van der Waals surface area contributed by atoms with Crippen molar-refractivity contribution < 1.29 is 14.4 Å². The fraction of sp³-hybridized carbons (Fsp3) is 0. The predicted molar refractivity (Wildman–Crippen MR) is 162 cm³/mol. The summed E-state index contributed by atoms with van der Waals surface area (Å²) in [5.41, 5.74) is 0.994. The topological polar surface area (TPSA) is 51.2 Å². The van der Waals surface area contributed by atoms with Crippen LogP contribution in [0.5, 0.6) is 0 Å². The van der Waals surface area contributed by atoms with Gasteiger partial charge in [-0.25, -0.2) is 0 Å². The monoisotopic (exact) mass is 558 g/mol. The van der Waals surface area contributed by atoms with Crippen LogP contribution in [-0.4, -0.2) is 17.3 Å². The molecule has 0 N–H and O–H groups in total. The maximum Gasteiger partial charge on any atom is 0.203 e. The fourth-order valence-corrected chi connectivity index (χ4v) is 7.80. The molecule has 3 aromatic heterocycles. The number of hydrogen-bond acceptors (Lipinski definition) is 6. The van der Waals surface area contributed by atoms with Gasteiger partial charge in [0.25, 0.3) is 0 Å². The highest BCUT2D eigenvalue weighted by molar-refractivity contribution is 7.21. The summed E-state index contributed by atoms with van der Waals surface area (Å²) in [4.78, 5) is 42.9. The van der Waals surface area contributed by atoms with Gasteiger partial charge in [0, 0.05) is 30.8 Å². The van der Waals surface area contributed by atoms with Crippen molar-refractivity contribution in [2.24, 2.45) is 0 Å². The molecule has 7 aromatic rings. The van der Waals surface area contributed by atoms with E-state index in [0.717, 1.165) is 30.3 Å². The molecule has 3 nitrogen and oxygen atoms in total. The molecule has 0 aliphatic heterocycles. The normalized spacial score (nSPS) is 11.4. The number of thiophene rings is 3. The van der Waals surface area contributed by atoms with E-state index < -0.39 is 0 Å². The van der Waals surface area contributed by atoms with Crippen molar-refractivity contribution in [2.45, 2.75) is 0 Å². The molecular weight excluding hydrogens is 541 g/mol. The molecule has 3 heterocycles. The molecule has 0 amide bonds. The maximum atomic E-state index is 13.7. The number of fused-ring (bicyclic) bond motifs is 3. The average Bonchev–Trinajstić information content (AvgIpc) is 3.71. The summed E-state index contributed by atoms with van der Waals surface area (Å²) < 4.78 is 3.04. The Hall–Kier alpha value is -4.23. The summed E-state index contributed by atoms with van der Waals surface area (Å²) >= 11 is 4.24. The summed E-state index contributed by atoms with van der Waals surface area (Å²) in [5.74, 6) is -0.604. The highest BCUT2D eigenvalue weighted by Gasteiger charge is 2.22. The van der Waals surface area contributed by atoms with Gasteiger partial charge >= 0.3 is 0 Å². The zero-order chi connectivity index (χ0) is 26.5. The summed E-state index contributed by atoms with van der Waals surface area (Å²) in [7, 11) is 0. The van der Waals surface area contributed by atoms with Crippen LogP contribution in [0.1, 0.15) is 45.7 Å². The molecule has 0 spiro atoms. The molecule has 6 heteroatoms. The van der Waals surface area contributed by atoms with Gasteiger partial charge in [-0.3, -0.25) is 14.4 Å². The van der Waals surface area contributed by atoms with Crippen molar-refractivity contribution in [3.63, 3.8) is 0 Å². The van der Waals surface area contributed by atoms with Crippen molar-refractivity contribution in [1.29, 1.82) is 0 Å². The first-order valence-electron chi connectivity index (χ1n) is 12.3. The first-order chi connectivity index (χ1) is 19.0. The first-order valence-corrected chi connectivity index (χ1v) is 14.7. The summed E-state index contributed by atoms with van der Waals surface area (Å²) in [6.45, 7) is 0. The van der Waals surface area contributed by atoms with Gasteiger partial charge in [0.15, 0.2) is 0 Å². The molecule has 0 aliphatic carbocycles. The van der Waals surface area contributed by atoms with Crippen LogP contribution in [0.2, 0.25) is 0 Å². The van der Waals surface area contributed by atoms with Crippen molar-refractivity contribution in [3.8, 4) is 0 Å². The standard InChI is InChI=1S/C33H18O3S3/c34-31(28-16-19-7-1-4-10-25(19)37-28)22-13-23(32(35)29-17-20-8-2-5-11-26(20)38-29)15-24(14-22)33(36)30-18-21-9-3-6-12-27(21)39-30/h1-18H. The number of benzene rings is 4. The van der Waals surface area contributed by atoms with Crippen LogP contribution in [0, 0.1) is 0 Å². The Labute approximate surface area is 235 Å². The van der Waals surface area contributed by atoms with E-state index in [1.165, 1.54) is 34.0 Å². The van der Waals surface area contributed by atoms with Crippen LogP contribution in [0.3, 0.4) is 0 Å². The molecule has 4 aromatic carbocycles. The molecular formula is C33H18O3S3. The van der Waals surface area contributed by atoms with Crippen LogP contribution in [0.25, 0.3) is 30.3 Å². The van der Waals surface area contributed by atoms with Gasteiger partial charge in [0.2, 0.25) is 17.3 Å². The Morgan fingerprint density at radius 1 is 0.385 bits per heavy atom. The van der Waals surface area contributed by atoms with E-state index in [2.05, 4.69) is 0 Å². The second-order valence-electron chi connectivity index (χ2n) is 9.23. The zero-order valence-corrected chi connectivity index (χ0v) is 22.8. The highest BCUT2D eigenvalue weighted by atomic mass is 32.1. The third-order valence-electron chi connectivity index (χ3n) is 6.67. The number of hydrogen-bond donors (Lipinski definition) is 0. The summed E-state index contributed by atoms with van der Waals surface area (Å²) in [6, 6.07) is 34.0. The molecule has 7 rings (SSSR count). The van der Waals surface area contributed by atoms with E-state index in [4.69, 9.17) is 0 Å². The molecule has 0 radical (unpaired) electrons. The molecule has 0 atom stereocenters. The van der Waals surface area contributed by atoms with Gasteiger partial charge in [0.1, 0.15) is 0 Å². The lowest BCUT2D eigenvalue weighted by molar-refractivity contribution is 0.104. The molecule has 0 unspecified atom stereocenters. The van der Waals surface area contributed by atoms with Crippen LogP contribution < -0.4 is 0 Å². The van der Waals surface area contributed by atoms with Crippen LogP contribution in [0.15, 0.2) is 109 Å². The largest absolute Gasteiger partial charge is 0.288 e. The van der Waals surface area contributed by atoms with Gasteiger partial charge in [0.05, 0.1) is 14.6 Å². The van der Waals surface area contributed by atoms with E-state index in [1.807, 2.05) is 91.0 Å². The Kier molecular flexibility index (Phi) is 5.81. The third kappa shape index (κ3) is 4.33. The van der Waals surface area contributed by atoms with E-state index in [-0.39, 0.29) is 17.3 Å². The van der Waals surface area contributed by atoms with Gasteiger partial charge in [-0.05, 0) is 70.8 Å². The lowest BCUT2D eigenvalue weighted by Gasteiger charge is -2.07. The Morgan fingerprint density at radius 2 is 0.667 bits per heavy atom. The van der Waals surface area contributed by atoms with E-state index in [0.29, 0.717) is 31.3 Å². The van der Waals surface area contributed by atoms with E-state index in [1.54, 1.807) is 18.2 Å². The second kappa shape index (κ2) is 9.50. The SMILES string of the molecule is O=C(c1cc(C(=O)c2cc3ccccc3s2)cc(C(=O)c2cc3ccccc3s2)c1)c1cc2ccccc2s1. The minimum atomic E-state index is -0.201. The Bertz CT molecular complexity index is 1740. The van der Waals surface area contributed by atoms with Gasteiger partial charge < -0.3 is 0 Å². The second-order valence-corrected chi connectivity index (χ2v) is 12.5. The molecule has 186 valence electrons. The number of rotatable bonds is 6. The van der Waals surface area contributed by atoms with E-state index >= 15 is 0 Å². The van der Waals surface area contributed by atoms with Crippen molar-refractivity contribution in [2.75, 3.05) is 0 Å². The minimum absolute atomic E-state index is 0.201. The van der Waals surface area contributed by atoms with Crippen LogP contribution in [-0.2, 0) is 0 Å². The zero-order valence-electron chi connectivity index (χ0n) is 20.3. The van der Waals surface area contributed by atoms with Crippen LogP contribution in [0.4, 0.5) is 0 Å². The van der Waals surface area contributed by atoms with Crippen molar-refractivity contribution in [1.82, 2.24) is 0 Å². The smallest absolute Gasteiger partial charge is 0.203 e. The number of carbonyl (C=O) groups excluding carboxylic acids is 3.